The summed E-state index contributed by atoms with van der Waals surface area (Å²) >= 11 is 0. The molecular formula is C12H13O. The zero-order valence-electron chi connectivity index (χ0n) is 7.79. The fourth-order valence-electron chi connectivity index (χ4n) is 1.20. The summed E-state index contributed by atoms with van der Waals surface area (Å²) in [5.74, 6) is 0.965. The molecule has 1 aliphatic carbocycles. The van der Waals surface area contributed by atoms with Crippen LogP contribution in [0, 0.1) is 6.42 Å². The van der Waals surface area contributed by atoms with Crippen LogP contribution in [0.4, 0.5) is 0 Å². The Morgan fingerprint density at radius 3 is 2.38 bits per heavy atom. The van der Waals surface area contributed by atoms with Crippen LogP contribution < -0.4 is 4.74 Å². The van der Waals surface area contributed by atoms with Crippen LogP contribution >= 0.6 is 0 Å². The molecule has 0 atom stereocenters. The Kier molecular flexibility index (Phi) is 2.35. The van der Waals surface area contributed by atoms with Crippen LogP contribution in [-0.2, 0) is 0 Å². The van der Waals surface area contributed by atoms with Crippen molar-refractivity contribution in [3.05, 3.63) is 42.3 Å². The van der Waals surface area contributed by atoms with Gasteiger partial charge in [0.15, 0.2) is 0 Å². The van der Waals surface area contributed by atoms with E-state index >= 15 is 0 Å². The van der Waals surface area contributed by atoms with Crippen molar-refractivity contribution in [2.24, 2.45) is 0 Å². The van der Waals surface area contributed by atoms with Crippen molar-refractivity contribution < 1.29 is 4.74 Å². The number of ether oxygens (including phenoxy) is 1. The van der Waals surface area contributed by atoms with E-state index in [-0.39, 0.29) is 0 Å². The van der Waals surface area contributed by atoms with E-state index in [0.29, 0.717) is 0 Å². The van der Waals surface area contributed by atoms with Crippen LogP contribution in [0.1, 0.15) is 18.9 Å². The number of allylic oxidation sites excluding steroid dienone is 2. The highest BCUT2D eigenvalue weighted by Gasteiger charge is 2.09. The summed E-state index contributed by atoms with van der Waals surface area (Å²) in [4.78, 5) is 0. The van der Waals surface area contributed by atoms with E-state index in [1.54, 1.807) is 0 Å². The van der Waals surface area contributed by atoms with Gasteiger partial charge in [-0.25, -0.2) is 0 Å². The van der Waals surface area contributed by atoms with Crippen molar-refractivity contribution in [3.8, 4) is 5.75 Å². The van der Waals surface area contributed by atoms with Gasteiger partial charge in [0.2, 0.25) is 0 Å². The number of benzene rings is 1. The minimum Gasteiger partial charge on any atom is -0.494 e. The van der Waals surface area contributed by atoms with Crippen LogP contribution in [-0.4, -0.2) is 6.61 Å². The molecule has 0 saturated carbocycles. The number of rotatable bonds is 4. The van der Waals surface area contributed by atoms with Gasteiger partial charge < -0.3 is 4.74 Å². The normalized spacial score (nSPS) is 13.8. The molecule has 67 valence electrons. The van der Waals surface area contributed by atoms with E-state index in [9.17, 15) is 0 Å². The van der Waals surface area contributed by atoms with Crippen LogP contribution in [0.15, 0.2) is 30.3 Å². The van der Waals surface area contributed by atoms with Gasteiger partial charge in [0.05, 0.1) is 6.61 Å². The Labute approximate surface area is 79.0 Å². The Morgan fingerprint density at radius 2 is 1.85 bits per heavy atom. The van der Waals surface area contributed by atoms with E-state index in [4.69, 9.17) is 4.74 Å². The molecule has 1 aromatic carbocycles. The molecule has 2 rings (SSSR count). The van der Waals surface area contributed by atoms with Crippen molar-refractivity contribution in [2.75, 3.05) is 6.61 Å². The van der Waals surface area contributed by atoms with Crippen molar-refractivity contribution >= 4 is 5.57 Å². The van der Waals surface area contributed by atoms with Gasteiger partial charge in [0.25, 0.3) is 0 Å². The van der Waals surface area contributed by atoms with Crippen molar-refractivity contribution in [2.45, 2.75) is 13.3 Å². The standard InChI is InChI=1S/C12H13O/c1-2-9-13-12-7-5-11(6-8-12)10-3-4-10/h3-8H,2,9H2,1H3. The summed E-state index contributed by atoms with van der Waals surface area (Å²) in [6.07, 6.45) is 5.28. The number of hydrogen-bond acceptors (Lipinski definition) is 1. The van der Waals surface area contributed by atoms with Gasteiger partial charge in [0, 0.05) is 6.42 Å². The fourth-order valence-corrected chi connectivity index (χ4v) is 1.20. The van der Waals surface area contributed by atoms with Gasteiger partial charge in [-0.3, -0.25) is 0 Å². The first-order chi connectivity index (χ1) is 6.40. The summed E-state index contributed by atoms with van der Waals surface area (Å²) in [5.41, 5.74) is 2.62. The molecule has 0 N–H and O–H groups in total. The third-order valence-corrected chi connectivity index (χ3v) is 1.99. The zero-order valence-corrected chi connectivity index (χ0v) is 7.79. The van der Waals surface area contributed by atoms with Crippen molar-refractivity contribution in [1.29, 1.82) is 0 Å². The SMILES string of the molecule is CCCOc1ccc(C2=C[CH]2)cc1. The second-order valence-electron chi connectivity index (χ2n) is 3.16. The molecule has 0 fully saturated rings. The van der Waals surface area contributed by atoms with Crippen LogP contribution in [0.2, 0.25) is 0 Å². The predicted octanol–water partition coefficient (Wildman–Crippen LogP) is 3.08. The Balaban J connectivity index is 2.01. The van der Waals surface area contributed by atoms with E-state index in [2.05, 4.69) is 31.6 Å². The smallest absolute Gasteiger partial charge is 0.119 e. The molecular weight excluding hydrogens is 160 g/mol. The van der Waals surface area contributed by atoms with E-state index in [1.165, 1.54) is 11.1 Å². The summed E-state index contributed by atoms with van der Waals surface area (Å²) in [6, 6.07) is 8.25. The first kappa shape index (κ1) is 8.36. The Hall–Kier alpha value is -1.24. The third kappa shape index (κ3) is 2.11. The van der Waals surface area contributed by atoms with Crippen LogP contribution in [0.5, 0.6) is 5.75 Å². The molecule has 0 bridgehead atoms. The molecule has 1 heteroatoms. The maximum absolute atomic E-state index is 5.48. The van der Waals surface area contributed by atoms with E-state index in [0.717, 1.165) is 18.8 Å². The molecule has 0 spiro atoms. The molecule has 1 aliphatic rings. The Morgan fingerprint density at radius 1 is 1.15 bits per heavy atom. The number of hydrogen-bond donors (Lipinski definition) is 0. The minimum absolute atomic E-state index is 0.800. The monoisotopic (exact) mass is 173 g/mol. The van der Waals surface area contributed by atoms with E-state index in [1.807, 2.05) is 12.1 Å². The highest BCUT2D eigenvalue weighted by atomic mass is 16.5. The van der Waals surface area contributed by atoms with Crippen LogP contribution in [0.3, 0.4) is 0 Å². The first-order valence-electron chi connectivity index (χ1n) is 4.68. The Bertz CT molecular complexity index is 308. The van der Waals surface area contributed by atoms with E-state index < -0.39 is 0 Å². The minimum atomic E-state index is 0.800. The lowest BCUT2D eigenvalue weighted by molar-refractivity contribution is 0.317. The highest BCUT2D eigenvalue weighted by Crippen LogP contribution is 2.30. The molecule has 0 amide bonds. The lowest BCUT2D eigenvalue weighted by atomic mass is 10.2. The van der Waals surface area contributed by atoms with Gasteiger partial charge in [-0.05, 0) is 29.7 Å². The van der Waals surface area contributed by atoms with Gasteiger partial charge in [-0.15, -0.1) is 0 Å². The third-order valence-electron chi connectivity index (χ3n) is 1.99. The van der Waals surface area contributed by atoms with Crippen molar-refractivity contribution in [1.82, 2.24) is 0 Å². The lowest BCUT2D eigenvalue weighted by Crippen LogP contribution is -1.94. The lowest BCUT2D eigenvalue weighted by Gasteiger charge is -2.04. The van der Waals surface area contributed by atoms with Gasteiger partial charge >= 0.3 is 0 Å². The van der Waals surface area contributed by atoms with Gasteiger partial charge in [0.1, 0.15) is 5.75 Å². The predicted molar refractivity (Wildman–Crippen MR) is 54.5 cm³/mol. The molecule has 0 heterocycles. The maximum atomic E-state index is 5.48. The van der Waals surface area contributed by atoms with Gasteiger partial charge in [-0.2, -0.15) is 0 Å². The topological polar surface area (TPSA) is 9.23 Å². The molecule has 1 radical (unpaired) electrons. The highest BCUT2D eigenvalue weighted by molar-refractivity contribution is 5.87. The molecule has 1 aromatic rings. The van der Waals surface area contributed by atoms with Crippen LogP contribution in [0.25, 0.3) is 5.57 Å². The zero-order chi connectivity index (χ0) is 9.10. The first-order valence-corrected chi connectivity index (χ1v) is 4.68. The molecule has 1 nitrogen and oxygen atoms in total. The summed E-state index contributed by atoms with van der Waals surface area (Å²) in [7, 11) is 0. The van der Waals surface area contributed by atoms with Crippen molar-refractivity contribution in [3.63, 3.8) is 0 Å². The molecule has 0 aliphatic heterocycles. The maximum Gasteiger partial charge on any atom is 0.119 e. The second-order valence-corrected chi connectivity index (χ2v) is 3.16. The molecule has 0 aromatic heterocycles. The quantitative estimate of drug-likeness (QED) is 0.680. The molecule has 13 heavy (non-hydrogen) atoms. The average molecular weight is 173 g/mol. The fraction of sp³-hybridized carbons (Fsp3) is 0.250. The summed E-state index contributed by atoms with van der Waals surface area (Å²) in [6.45, 7) is 2.91. The largest absolute Gasteiger partial charge is 0.494 e. The average Bonchev–Trinajstić information content (AvgIpc) is 2.99. The summed E-state index contributed by atoms with van der Waals surface area (Å²) in [5, 5.41) is 0. The van der Waals surface area contributed by atoms with Gasteiger partial charge in [-0.1, -0.05) is 25.1 Å². The summed E-state index contributed by atoms with van der Waals surface area (Å²) < 4.78 is 5.48. The molecule has 0 saturated heterocycles. The molecule has 0 unspecified atom stereocenters. The second kappa shape index (κ2) is 3.65.